The minimum Gasteiger partial charge on any atom is -0.382 e. The van der Waals surface area contributed by atoms with Crippen molar-refractivity contribution >= 4 is 16.6 Å². The fraction of sp³-hybridized carbons (Fsp3) is 0.556. The number of fused-ring (bicyclic) bond motifs is 1. The summed E-state index contributed by atoms with van der Waals surface area (Å²) in [7, 11) is 0. The Kier molecular flexibility index (Phi) is 3.60. The summed E-state index contributed by atoms with van der Waals surface area (Å²) in [4.78, 5) is 3.27. The van der Waals surface area contributed by atoms with Crippen LogP contribution in [0.5, 0.6) is 0 Å². The molecule has 2 aliphatic rings. The molecule has 3 nitrogen and oxygen atoms in total. The highest BCUT2D eigenvalue weighted by molar-refractivity contribution is 5.83. The van der Waals surface area contributed by atoms with Crippen LogP contribution in [-0.2, 0) is 0 Å². The average Bonchev–Trinajstić information content (AvgIpc) is 3.19. The summed E-state index contributed by atoms with van der Waals surface area (Å²) in [6.45, 7) is 1.21. The third kappa shape index (κ3) is 2.67. The molecule has 0 radical (unpaired) electrons. The van der Waals surface area contributed by atoms with Gasteiger partial charge in [-0.3, -0.25) is 0 Å². The highest BCUT2D eigenvalue weighted by atomic mass is 15.0. The summed E-state index contributed by atoms with van der Waals surface area (Å²) in [5.41, 5.74) is 2.50. The van der Waals surface area contributed by atoms with Crippen LogP contribution in [0.3, 0.4) is 0 Å². The van der Waals surface area contributed by atoms with Gasteiger partial charge in [-0.15, -0.1) is 0 Å². The van der Waals surface area contributed by atoms with E-state index in [1.54, 1.807) is 0 Å². The lowest BCUT2D eigenvalue weighted by atomic mass is 9.79. The van der Waals surface area contributed by atoms with Crippen molar-refractivity contribution < 1.29 is 0 Å². The minimum absolute atomic E-state index is 0.630. The number of aromatic amines is 1. The predicted octanol–water partition coefficient (Wildman–Crippen LogP) is 3.89. The van der Waals surface area contributed by atoms with Gasteiger partial charge >= 0.3 is 0 Å². The summed E-state index contributed by atoms with van der Waals surface area (Å²) in [5.74, 6) is 0.795. The first kappa shape index (κ1) is 13.2. The Morgan fingerprint density at radius 1 is 1.00 bits per heavy atom. The molecule has 1 aromatic heterocycles. The number of nitrogens with one attached hydrogen (secondary N) is 3. The Hall–Kier alpha value is -1.48. The third-order valence-electron chi connectivity index (χ3n) is 5.34. The topological polar surface area (TPSA) is 39.8 Å². The van der Waals surface area contributed by atoms with E-state index in [1.807, 2.05) is 6.20 Å². The predicted molar refractivity (Wildman–Crippen MR) is 88.7 cm³/mol. The Balaban J connectivity index is 1.52. The van der Waals surface area contributed by atoms with Gasteiger partial charge in [0, 0.05) is 34.9 Å². The fourth-order valence-electron chi connectivity index (χ4n) is 4.25. The molecule has 2 aromatic rings. The molecule has 3 heteroatoms. The first-order chi connectivity index (χ1) is 10.4. The third-order valence-corrected chi connectivity index (χ3v) is 5.34. The van der Waals surface area contributed by atoms with E-state index in [9.17, 15) is 0 Å². The molecule has 0 bridgehead atoms. The fourth-order valence-corrected chi connectivity index (χ4v) is 4.25. The van der Waals surface area contributed by atoms with Gasteiger partial charge in [0.2, 0.25) is 0 Å². The van der Waals surface area contributed by atoms with Crippen LogP contribution in [0.1, 0.15) is 38.5 Å². The van der Waals surface area contributed by atoms with Crippen molar-refractivity contribution in [2.24, 2.45) is 5.92 Å². The molecule has 3 atom stereocenters. The highest BCUT2D eigenvalue weighted by Crippen LogP contribution is 2.33. The van der Waals surface area contributed by atoms with Gasteiger partial charge < -0.3 is 15.6 Å². The lowest BCUT2D eigenvalue weighted by Crippen LogP contribution is -2.43. The van der Waals surface area contributed by atoms with Gasteiger partial charge in [-0.2, -0.15) is 0 Å². The molecule has 1 aliphatic carbocycles. The Morgan fingerprint density at radius 3 is 2.86 bits per heavy atom. The summed E-state index contributed by atoms with van der Waals surface area (Å²) < 4.78 is 0. The summed E-state index contributed by atoms with van der Waals surface area (Å²) >= 11 is 0. The summed E-state index contributed by atoms with van der Waals surface area (Å²) in [6, 6.07) is 10.2. The Morgan fingerprint density at radius 2 is 1.95 bits per heavy atom. The van der Waals surface area contributed by atoms with Gasteiger partial charge in [-0.25, -0.2) is 0 Å². The molecule has 2 heterocycles. The van der Waals surface area contributed by atoms with Crippen molar-refractivity contribution in [2.75, 3.05) is 11.9 Å². The van der Waals surface area contributed by atoms with Gasteiger partial charge in [0.25, 0.3) is 0 Å². The Bertz CT molecular complexity index is 597. The number of rotatable bonds is 3. The molecular weight excluding hydrogens is 258 g/mol. The van der Waals surface area contributed by atoms with Gasteiger partial charge in [0.15, 0.2) is 0 Å². The first-order valence-electron chi connectivity index (χ1n) is 8.47. The number of hydrogen-bond donors (Lipinski definition) is 3. The zero-order chi connectivity index (χ0) is 14.1. The van der Waals surface area contributed by atoms with Crippen LogP contribution >= 0.6 is 0 Å². The van der Waals surface area contributed by atoms with Crippen molar-refractivity contribution in [2.45, 2.75) is 50.6 Å². The van der Waals surface area contributed by atoms with Gasteiger partial charge in [0.1, 0.15) is 0 Å². The van der Waals surface area contributed by atoms with Crippen LogP contribution in [0.4, 0.5) is 5.69 Å². The highest BCUT2D eigenvalue weighted by Gasteiger charge is 2.33. The zero-order valence-corrected chi connectivity index (χ0v) is 12.6. The monoisotopic (exact) mass is 283 g/mol. The largest absolute Gasteiger partial charge is 0.382 e. The lowest BCUT2D eigenvalue weighted by molar-refractivity contribution is 0.263. The van der Waals surface area contributed by atoms with Gasteiger partial charge in [-0.1, -0.05) is 12.8 Å². The van der Waals surface area contributed by atoms with Crippen LogP contribution in [0, 0.1) is 5.92 Å². The van der Waals surface area contributed by atoms with Crippen molar-refractivity contribution in [3.05, 3.63) is 30.5 Å². The SMILES string of the molecule is c1cc2cc(NC3CCCCC3C3CCCN3)ccc2[nH]1. The van der Waals surface area contributed by atoms with E-state index in [0.29, 0.717) is 6.04 Å². The van der Waals surface area contributed by atoms with E-state index in [0.717, 1.165) is 12.0 Å². The molecule has 21 heavy (non-hydrogen) atoms. The van der Waals surface area contributed by atoms with Crippen molar-refractivity contribution in [1.29, 1.82) is 0 Å². The van der Waals surface area contributed by atoms with Crippen molar-refractivity contribution in [1.82, 2.24) is 10.3 Å². The second-order valence-corrected chi connectivity index (χ2v) is 6.68. The molecule has 1 saturated heterocycles. The number of benzene rings is 1. The van der Waals surface area contributed by atoms with Gasteiger partial charge in [0.05, 0.1) is 0 Å². The molecule has 0 amide bonds. The quantitative estimate of drug-likeness (QED) is 0.799. The van der Waals surface area contributed by atoms with Crippen molar-refractivity contribution in [3.63, 3.8) is 0 Å². The normalized spacial score (nSPS) is 29.8. The zero-order valence-electron chi connectivity index (χ0n) is 12.6. The number of hydrogen-bond acceptors (Lipinski definition) is 2. The molecule has 2 fully saturated rings. The standard InChI is InChI=1S/C18H25N3/c1-2-5-18(15(4-1)17-6-3-10-19-17)21-14-7-8-16-13(12-14)9-11-20-16/h7-9,11-12,15,17-21H,1-6,10H2. The molecule has 1 saturated carbocycles. The maximum Gasteiger partial charge on any atom is 0.0455 e. The van der Waals surface area contributed by atoms with Gasteiger partial charge in [-0.05, 0) is 62.4 Å². The molecule has 4 rings (SSSR count). The van der Waals surface area contributed by atoms with E-state index in [1.165, 1.54) is 61.7 Å². The first-order valence-corrected chi connectivity index (χ1v) is 8.47. The number of anilines is 1. The lowest BCUT2D eigenvalue weighted by Gasteiger charge is -2.36. The number of aromatic nitrogens is 1. The molecule has 1 aliphatic heterocycles. The minimum atomic E-state index is 0.630. The van der Waals surface area contributed by atoms with E-state index in [2.05, 4.69) is 39.9 Å². The summed E-state index contributed by atoms with van der Waals surface area (Å²) in [5, 5.41) is 8.86. The van der Waals surface area contributed by atoms with E-state index < -0.39 is 0 Å². The van der Waals surface area contributed by atoms with E-state index >= 15 is 0 Å². The Labute approximate surface area is 126 Å². The maximum atomic E-state index is 3.84. The number of H-pyrrole nitrogens is 1. The molecule has 1 aromatic carbocycles. The van der Waals surface area contributed by atoms with E-state index in [-0.39, 0.29) is 0 Å². The second kappa shape index (κ2) is 5.72. The maximum absolute atomic E-state index is 3.84. The summed E-state index contributed by atoms with van der Waals surface area (Å²) in [6.07, 6.45) is 10.2. The van der Waals surface area contributed by atoms with Crippen LogP contribution in [-0.4, -0.2) is 23.6 Å². The van der Waals surface area contributed by atoms with Crippen LogP contribution in [0.25, 0.3) is 10.9 Å². The van der Waals surface area contributed by atoms with Crippen molar-refractivity contribution in [3.8, 4) is 0 Å². The van der Waals surface area contributed by atoms with Crippen LogP contribution in [0.2, 0.25) is 0 Å². The van der Waals surface area contributed by atoms with Crippen LogP contribution < -0.4 is 10.6 Å². The van der Waals surface area contributed by atoms with E-state index in [4.69, 9.17) is 0 Å². The average molecular weight is 283 g/mol. The molecule has 112 valence electrons. The molecule has 0 spiro atoms. The second-order valence-electron chi connectivity index (χ2n) is 6.68. The smallest absolute Gasteiger partial charge is 0.0455 e. The van der Waals surface area contributed by atoms with Crippen LogP contribution in [0.15, 0.2) is 30.5 Å². The molecule has 3 N–H and O–H groups in total. The molecular formula is C18H25N3. The molecule has 3 unspecified atom stereocenters.